The van der Waals surface area contributed by atoms with Crippen molar-refractivity contribution in [2.75, 3.05) is 13.1 Å². The van der Waals surface area contributed by atoms with E-state index in [4.69, 9.17) is 5.11 Å². The number of likely N-dealkylation sites (tertiary alicyclic amines) is 1. The summed E-state index contributed by atoms with van der Waals surface area (Å²) in [5, 5.41) is 19.9. The molecule has 112 valence electrons. The number of nitro groups is 1. The highest BCUT2D eigenvalue weighted by atomic mass is 79.9. The van der Waals surface area contributed by atoms with Crippen LogP contribution in [0.2, 0.25) is 0 Å². The number of nitro benzene ring substituents is 1. The van der Waals surface area contributed by atoms with Gasteiger partial charge in [0.25, 0.3) is 11.6 Å². The van der Waals surface area contributed by atoms with Crippen LogP contribution in [0.15, 0.2) is 22.7 Å². The Morgan fingerprint density at radius 3 is 2.62 bits per heavy atom. The summed E-state index contributed by atoms with van der Waals surface area (Å²) in [7, 11) is 0. The highest BCUT2D eigenvalue weighted by Crippen LogP contribution is 2.28. The summed E-state index contributed by atoms with van der Waals surface area (Å²) < 4.78 is 0.449. The van der Waals surface area contributed by atoms with Gasteiger partial charge >= 0.3 is 5.97 Å². The number of amides is 1. The van der Waals surface area contributed by atoms with Crippen LogP contribution < -0.4 is 0 Å². The molecule has 1 fully saturated rings. The SMILES string of the molecule is C[C@@H]1CN(C(=O)c2cc([N+](=O)[O-])ccc2Br)C[C@H]1C(=O)O. The van der Waals surface area contributed by atoms with E-state index in [1.165, 1.54) is 23.1 Å². The number of hydrogen-bond donors (Lipinski definition) is 1. The normalized spacial score (nSPS) is 21.3. The summed E-state index contributed by atoms with van der Waals surface area (Å²) >= 11 is 3.20. The lowest BCUT2D eigenvalue weighted by Crippen LogP contribution is -2.30. The maximum Gasteiger partial charge on any atom is 0.308 e. The van der Waals surface area contributed by atoms with E-state index in [0.717, 1.165) is 0 Å². The summed E-state index contributed by atoms with van der Waals surface area (Å²) in [6, 6.07) is 3.94. The first-order valence-corrected chi connectivity index (χ1v) is 7.06. The topological polar surface area (TPSA) is 101 Å². The highest BCUT2D eigenvalue weighted by Gasteiger charge is 2.37. The molecule has 0 saturated carbocycles. The van der Waals surface area contributed by atoms with E-state index in [-0.39, 0.29) is 23.7 Å². The fraction of sp³-hybridized carbons (Fsp3) is 0.385. The third kappa shape index (κ3) is 3.05. The number of carboxylic acid groups (broad SMARTS) is 1. The molecule has 1 N–H and O–H groups in total. The predicted molar refractivity (Wildman–Crippen MR) is 77.0 cm³/mol. The quantitative estimate of drug-likeness (QED) is 0.660. The molecule has 1 aliphatic heterocycles. The van der Waals surface area contributed by atoms with Gasteiger partial charge < -0.3 is 10.0 Å². The first-order valence-electron chi connectivity index (χ1n) is 6.27. The Labute approximate surface area is 128 Å². The fourth-order valence-electron chi connectivity index (χ4n) is 2.42. The maximum atomic E-state index is 12.4. The van der Waals surface area contributed by atoms with E-state index in [0.29, 0.717) is 11.0 Å². The van der Waals surface area contributed by atoms with E-state index in [2.05, 4.69) is 15.9 Å². The molecule has 1 heterocycles. The van der Waals surface area contributed by atoms with Crippen LogP contribution in [-0.4, -0.2) is 39.9 Å². The molecule has 0 spiro atoms. The van der Waals surface area contributed by atoms with Crippen LogP contribution in [0.25, 0.3) is 0 Å². The average Bonchev–Trinajstić information content (AvgIpc) is 2.80. The third-order valence-corrected chi connectivity index (χ3v) is 4.30. The van der Waals surface area contributed by atoms with Gasteiger partial charge in [0.15, 0.2) is 0 Å². The van der Waals surface area contributed by atoms with Crippen LogP contribution >= 0.6 is 15.9 Å². The second-order valence-corrected chi connectivity index (χ2v) is 5.91. The molecule has 1 saturated heterocycles. The molecule has 0 radical (unpaired) electrons. The summed E-state index contributed by atoms with van der Waals surface area (Å²) in [5.74, 6) is -2.09. The Kier molecular flexibility index (Phi) is 4.26. The van der Waals surface area contributed by atoms with Crippen molar-refractivity contribution in [3.63, 3.8) is 0 Å². The van der Waals surface area contributed by atoms with Crippen molar-refractivity contribution in [3.8, 4) is 0 Å². The number of carboxylic acids is 1. The second-order valence-electron chi connectivity index (χ2n) is 5.05. The number of rotatable bonds is 3. The van der Waals surface area contributed by atoms with Crippen molar-refractivity contribution in [3.05, 3.63) is 38.3 Å². The van der Waals surface area contributed by atoms with E-state index >= 15 is 0 Å². The largest absolute Gasteiger partial charge is 0.481 e. The highest BCUT2D eigenvalue weighted by molar-refractivity contribution is 9.10. The van der Waals surface area contributed by atoms with Gasteiger partial charge in [0, 0.05) is 29.7 Å². The van der Waals surface area contributed by atoms with Gasteiger partial charge in [0.2, 0.25) is 0 Å². The average molecular weight is 357 g/mol. The minimum Gasteiger partial charge on any atom is -0.481 e. The van der Waals surface area contributed by atoms with Gasteiger partial charge in [0.05, 0.1) is 16.4 Å². The Morgan fingerprint density at radius 1 is 1.43 bits per heavy atom. The molecule has 1 amide bonds. The number of halogens is 1. The number of non-ortho nitro benzene ring substituents is 1. The molecule has 0 bridgehead atoms. The minimum absolute atomic E-state index is 0.116. The molecule has 0 unspecified atom stereocenters. The zero-order chi connectivity index (χ0) is 15.7. The molecule has 7 nitrogen and oxygen atoms in total. The summed E-state index contributed by atoms with van der Waals surface area (Å²) in [6.07, 6.45) is 0. The molecule has 8 heteroatoms. The molecule has 2 rings (SSSR count). The summed E-state index contributed by atoms with van der Waals surface area (Å²) in [6.45, 7) is 2.21. The molecule has 1 aromatic rings. The standard InChI is InChI=1S/C13H13BrN2O5/c1-7-5-15(6-10(7)13(18)19)12(17)9-4-8(16(20)21)2-3-11(9)14/h2-4,7,10H,5-6H2,1H3,(H,18,19)/t7-,10-/m1/s1. The number of nitrogens with zero attached hydrogens (tertiary/aromatic N) is 2. The van der Waals surface area contributed by atoms with Crippen LogP contribution in [0.1, 0.15) is 17.3 Å². The molecular weight excluding hydrogens is 344 g/mol. The van der Waals surface area contributed by atoms with E-state index in [9.17, 15) is 19.7 Å². The lowest BCUT2D eigenvalue weighted by molar-refractivity contribution is -0.384. The van der Waals surface area contributed by atoms with Gasteiger partial charge in [-0.05, 0) is 27.9 Å². The van der Waals surface area contributed by atoms with E-state index in [1.54, 1.807) is 6.92 Å². The first kappa shape index (κ1) is 15.4. The fourth-order valence-corrected chi connectivity index (χ4v) is 2.83. The number of hydrogen-bond acceptors (Lipinski definition) is 4. The molecule has 0 aromatic heterocycles. The Hall–Kier alpha value is -1.96. The van der Waals surface area contributed by atoms with Crippen LogP contribution in [0.5, 0.6) is 0 Å². The molecule has 1 aromatic carbocycles. The minimum atomic E-state index is -0.934. The smallest absolute Gasteiger partial charge is 0.308 e. The summed E-state index contributed by atoms with van der Waals surface area (Å²) in [4.78, 5) is 35.2. The van der Waals surface area contributed by atoms with Crippen molar-refractivity contribution < 1.29 is 19.6 Å². The maximum absolute atomic E-state index is 12.4. The second kappa shape index (κ2) is 5.80. The molecule has 0 aliphatic carbocycles. The number of carbonyl (C=O) groups is 2. The zero-order valence-corrected chi connectivity index (χ0v) is 12.7. The van der Waals surface area contributed by atoms with Gasteiger partial charge in [-0.15, -0.1) is 0 Å². The number of carbonyl (C=O) groups excluding carboxylic acids is 1. The molecule has 21 heavy (non-hydrogen) atoms. The van der Waals surface area contributed by atoms with E-state index in [1.807, 2.05) is 0 Å². The Balaban J connectivity index is 2.27. The Bertz CT molecular complexity index is 619. The number of benzene rings is 1. The van der Waals surface area contributed by atoms with Gasteiger partial charge in [-0.25, -0.2) is 0 Å². The molecule has 2 atom stereocenters. The van der Waals surface area contributed by atoms with Crippen LogP contribution in [0.3, 0.4) is 0 Å². The lowest BCUT2D eigenvalue weighted by atomic mass is 9.99. The van der Waals surface area contributed by atoms with Gasteiger partial charge in [-0.1, -0.05) is 6.92 Å². The van der Waals surface area contributed by atoms with Crippen LogP contribution in [0.4, 0.5) is 5.69 Å². The van der Waals surface area contributed by atoms with Crippen molar-refractivity contribution in [1.29, 1.82) is 0 Å². The monoisotopic (exact) mass is 356 g/mol. The van der Waals surface area contributed by atoms with Crippen molar-refractivity contribution in [2.45, 2.75) is 6.92 Å². The van der Waals surface area contributed by atoms with Crippen LogP contribution in [-0.2, 0) is 4.79 Å². The molecule has 1 aliphatic rings. The van der Waals surface area contributed by atoms with Gasteiger partial charge in [0.1, 0.15) is 0 Å². The third-order valence-electron chi connectivity index (χ3n) is 3.61. The van der Waals surface area contributed by atoms with Crippen molar-refractivity contribution in [2.24, 2.45) is 11.8 Å². The summed E-state index contributed by atoms with van der Waals surface area (Å²) in [5.41, 5.74) is -0.00832. The van der Waals surface area contributed by atoms with Crippen LogP contribution in [0, 0.1) is 22.0 Å². The predicted octanol–water partition coefficient (Wildman–Crippen LogP) is 2.15. The lowest BCUT2D eigenvalue weighted by Gasteiger charge is -2.16. The van der Waals surface area contributed by atoms with Gasteiger partial charge in [-0.3, -0.25) is 19.7 Å². The number of aliphatic carboxylic acids is 1. The van der Waals surface area contributed by atoms with Gasteiger partial charge in [-0.2, -0.15) is 0 Å². The molecular formula is C13H13BrN2O5. The van der Waals surface area contributed by atoms with E-state index < -0.39 is 22.7 Å². The first-order chi connectivity index (χ1) is 9.81. The van der Waals surface area contributed by atoms with Crippen molar-refractivity contribution in [1.82, 2.24) is 4.90 Å². The zero-order valence-electron chi connectivity index (χ0n) is 11.2. The van der Waals surface area contributed by atoms with Crippen molar-refractivity contribution >= 4 is 33.5 Å². The Morgan fingerprint density at radius 2 is 2.10 bits per heavy atom.